The summed E-state index contributed by atoms with van der Waals surface area (Å²) in [5, 5.41) is 4.59. The second kappa shape index (κ2) is 9.88. The van der Waals surface area contributed by atoms with Crippen molar-refractivity contribution in [2.24, 2.45) is 0 Å². The van der Waals surface area contributed by atoms with Gasteiger partial charge in [-0.15, -0.1) is 11.3 Å². The Hall–Kier alpha value is -3.30. The summed E-state index contributed by atoms with van der Waals surface area (Å²) < 4.78 is 1.54. The zero-order chi connectivity index (χ0) is 22.5. The van der Waals surface area contributed by atoms with Gasteiger partial charge in [0.1, 0.15) is 6.04 Å². The van der Waals surface area contributed by atoms with Gasteiger partial charge in [0.2, 0.25) is 11.8 Å². The number of hydrogen-bond acceptors (Lipinski definition) is 6. The van der Waals surface area contributed by atoms with Crippen LogP contribution in [0.25, 0.3) is 11.0 Å². The third-order valence-electron chi connectivity index (χ3n) is 5.38. The standard InChI is InChI=1S/C23H25N5O3S/c1-17(24-20(29)8-7-18-5-3-2-4-6-18)22(31)27-11-9-26(10-12-27)16-19-15-21(30)28-13-14-32-23(28)25-19/h2-8,13-15,17H,9-12,16H2,1H3,(H,24,29)/b8-7+. The lowest BCUT2D eigenvalue weighted by molar-refractivity contribution is -0.136. The van der Waals surface area contributed by atoms with Gasteiger partial charge in [-0.1, -0.05) is 30.3 Å². The van der Waals surface area contributed by atoms with Gasteiger partial charge in [-0.05, 0) is 18.6 Å². The summed E-state index contributed by atoms with van der Waals surface area (Å²) in [6.07, 6.45) is 4.89. The molecular formula is C23H25N5O3S. The van der Waals surface area contributed by atoms with Crippen molar-refractivity contribution in [1.82, 2.24) is 24.5 Å². The Labute approximate surface area is 189 Å². The number of fused-ring (bicyclic) bond motifs is 1. The minimum absolute atomic E-state index is 0.0778. The third-order valence-corrected chi connectivity index (χ3v) is 6.14. The molecule has 32 heavy (non-hydrogen) atoms. The van der Waals surface area contributed by atoms with Gasteiger partial charge in [0.05, 0.1) is 5.69 Å². The van der Waals surface area contributed by atoms with Gasteiger partial charge in [-0.25, -0.2) is 4.98 Å². The van der Waals surface area contributed by atoms with Crippen LogP contribution in [0.2, 0.25) is 0 Å². The molecule has 1 unspecified atom stereocenters. The topological polar surface area (TPSA) is 87.0 Å². The average Bonchev–Trinajstić information content (AvgIpc) is 3.28. The molecule has 0 aliphatic carbocycles. The number of nitrogens with zero attached hydrogens (tertiary/aromatic N) is 4. The quantitative estimate of drug-likeness (QED) is 0.576. The van der Waals surface area contributed by atoms with Crippen molar-refractivity contribution in [3.63, 3.8) is 0 Å². The smallest absolute Gasteiger partial charge is 0.258 e. The Morgan fingerprint density at radius 2 is 1.94 bits per heavy atom. The highest BCUT2D eigenvalue weighted by Gasteiger charge is 2.25. The fourth-order valence-corrected chi connectivity index (χ4v) is 4.40. The molecule has 1 N–H and O–H groups in total. The number of piperazine rings is 1. The van der Waals surface area contributed by atoms with Crippen LogP contribution >= 0.6 is 11.3 Å². The maximum atomic E-state index is 12.7. The van der Waals surface area contributed by atoms with E-state index in [1.54, 1.807) is 30.2 Å². The number of carbonyl (C=O) groups excluding carboxylic acids is 2. The number of aromatic nitrogens is 2. The van der Waals surface area contributed by atoms with E-state index in [1.165, 1.54) is 21.8 Å². The second-order valence-corrected chi connectivity index (χ2v) is 8.59. The van der Waals surface area contributed by atoms with Gasteiger partial charge in [0.15, 0.2) is 4.96 Å². The van der Waals surface area contributed by atoms with Gasteiger partial charge >= 0.3 is 0 Å². The lowest BCUT2D eigenvalue weighted by Gasteiger charge is -2.35. The number of thiazole rings is 1. The van der Waals surface area contributed by atoms with Crippen molar-refractivity contribution in [2.75, 3.05) is 26.2 Å². The summed E-state index contributed by atoms with van der Waals surface area (Å²) in [4.78, 5) is 46.3. The lowest BCUT2D eigenvalue weighted by atomic mass is 10.2. The number of hydrogen-bond donors (Lipinski definition) is 1. The molecule has 3 aromatic rings. The molecule has 1 aromatic carbocycles. The summed E-state index contributed by atoms with van der Waals surface area (Å²) in [5.74, 6) is -0.392. The molecule has 1 saturated heterocycles. The molecule has 0 spiro atoms. The molecule has 2 aromatic heterocycles. The van der Waals surface area contributed by atoms with Crippen molar-refractivity contribution in [3.8, 4) is 0 Å². The highest BCUT2D eigenvalue weighted by Crippen LogP contribution is 2.11. The van der Waals surface area contributed by atoms with Crippen molar-refractivity contribution >= 4 is 34.2 Å². The van der Waals surface area contributed by atoms with Crippen LogP contribution in [0.15, 0.2) is 58.8 Å². The number of carbonyl (C=O) groups is 2. The Morgan fingerprint density at radius 3 is 2.69 bits per heavy atom. The molecule has 2 amide bonds. The van der Waals surface area contributed by atoms with Crippen molar-refractivity contribution in [2.45, 2.75) is 19.5 Å². The molecule has 1 fully saturated rings. The van der Waals surface area contributed by atoms with E-state index in [2.05, 4.69) is 15.2 Å². The first-order chi connectivity index (χ1) is 15.5. The van der Waals surface area contributed by atoms with Crippen LogP contribution in [0.4, 0.5) is 0 Å². The predicted molar refractivity (Wildman–Crippen MR) is 124 cm³/mol. The van der Waals surface area contributed by atoms with Crippen LogP contribution in [-0.4, -0.2) is 63.2 Å². The van der Waals surface area contributed by atoms with Crippen LogP contribution in [0.3, 0.4) is 0 Å². The molecular weight excluding hydrogens is 426 g/mol. The SMILES string of the molecule is CC(NC(=O)/C=C/c1ccccc1)C(=O)N1CCN(Cc2cc(=O)n3ccsc3n2)CC1. The molecule has 1 aliphatic heterocycles. The number of benzene rings is 1. The van der Waals surface area contributed by atoms with Crippen molar-refractivity contribution in [1.29, 1.82) is 0 Å². The number of nitrogens with one attached hydrogen (secondary N) is 1. The van der Waals surface area contributed by atoms with Crippen LogP contribution in [0, 0.1) is 0 Å². The largest absolute Gasteiger partial charge is 0.341 e. The molecule has 0 radical (unpaired) electrons. The van der Waals surface area contributed by atoms with E-state index in [9.17, 15) is 14.4 Å². The first kappa shape index (κ1) is 21.9. The van der Waals surface area contributed by atoms with Gasteiger partial charge in [0, 0.05) is 56.4 Å². The molecule has 0 bridgehead atoms. The minimum Gasteiger partial charge on any atom is -0.341 e. The van der Waals surface area contributed by atoms with Crippen molar-refractivity contribution < 1.29 is 9.59 Å². The van der Waals surface area contributed by atoms with Gasteiger partial charge in [-0.2, -0.15) is 0 Å². The fourth-order valence-electron chi connectivity index (χ4n) is 3.66. The van der Waals surface area contributed by atoms with Crippen LogP contribution in [0.1, 0.15) is 18.2 Å². The summed E-state index contributed by atoms with van der Waals surface area (Å²) in [6, 6.07) is 10.5. The maximum Gasteiger partial charge on any atom is 0.258 e. The average molecular weight is 452 g/mol. The maximum absolute atomic E-state index is 12.7. The summed E-state index contributed by atoms with van der Waals surface area (Å²) in [5.41, 5.74) is 1.59. The lowest BCUT2D eigenvalue weighted by Crippen LogP contribution is -2.53. The van der Waals surface area contributed by atoms with Gasteiger partial charge in [0.25, 0.3) is 5.56 Å². The van der Waals surface area contributed by atoms with E-state index >= 15 is 0 Å². The van der Waals surface area contributed by atoms with Crippen LogP contribution in [0.5, 0.6) is 0 Å². The van der Waals surface area contributed by atoms with Gasteiger partial charge in [-0.3, -0.25) is 23.7 Å². The first-order valence-electron chi connectivity index (χ1n) is 10.5. The number of rotatable bonds is 6. The second-order valence-electron chi connectivity index (χ2n) is 7.72. The van der Waals surface area contributed by atoms with Crippen LogP contribution in [-0.2, 0) is 16.1 Å². The molecule has 1 atom stereocenters. The highest BCUT2D eigenvalue weighted by molar-refractivity contribution is 7.15. The first-order valence-corrected chi connectivity index (χ1v) is 11.4. The molecule has 4 rings (SSSR count). The fraction of sp³-hybridized carbons (Fsp3) is 0.304. The zero-order valence-electron chi connectivity index (χ0n) is 17.8. The van der Waals surface area contributed by atoms with Crippen LogP contribution < -0.4 is 10.9 Å². The highest BCUT2D eigenvalue weighted by atomic mass is 32.1. The minimum atomic E-state index is -0.600. The molecule has 9 heteroatoms. The molecule has 166 valence electrons. The number of amides is 2. The molecule has 8 nitrogen and oxygen atoms in total. The Balaban J connectivity index is 1.26. The van der Waals surface area contributed by atoms with E-state index in [4.69, 9.17) is 0 Å². The Kier molecular flexibility index (Phi) is 6.77. The Morgan fingerprint density at radius 1 is 1.19 bits per heavy atom. The zero-order valence-corrected chi connectivity index (χ0v) is 18.6. The summed E-state index contributed by atoms with van der Waals surface area (Å²) in [7, 11) is 0. The molecule has 1 aliphatic rings. The summed E-state index contributed by atoms with van der Waals surface area (Å²) in [6.45, 7) is 4.79. The van der Waals surface area contributed by atoms with E-state index in [0.29, 0.717) is 37.7 Å². The van der Waals surface area contributed by atoms with Crippen molar-refractivity contribution in [3.05, 3.63) is 75.7 Å². The Bertz CT molecular complexity index is 1180. The predicted octanol–water partition coefficient (Wildman–Crippen LogP) is 1.62. The van der Waals surface area contributed by atoms with E-state index in [-0.39, 0.29) is 17.4 Å². The molecule has 0 saturated carbocycles. The summed E-state index contributed by atoms with van der Waals surface area (Å²) >= 11 is 1.43. The van der Waals surface area contributed by atoms with E-state index in [1.807, 2.05) is 35.7 Å². The normalized spacial score (nSPS) is 15.8. The third kappa shape index (κ3) is 5.30. The van der Waals surface area contributed by atoms with Gasteiger partial charge < -0.3 is 10.2 Å². The molecule has 3 heterocycles. The van der Waals surface area contributed by atoms with E-state index < -0.39 is 6.04 Å². The van der Waals surface area contributed by atoms with E-state index in [0.717, 1.165) is 11.3 Å². The monoisotopic (exact) mass is 451 g/mol.